The van der Waals surface area contributed by atoms with E-state index < -0.39 is 0 Å². The lowest BCUT2D eigenvalue weighted by atomic mass is 9.86. The molecule has 8 heteroatoms. The Kier molecular flexibility index (Phi) is 8.05. The first-order valence-electron chi connectivity index (χ1n) is 10.3. The van der Waals surface area contributed by atoms with Crippen LogP contribution >= 0.6 is 0 Å². The van der Waals surface area contributed by atoms with Crippen molar-refractivity contribution in [1.82, 2.24) is 10.6 Å². The van der Waals surface area contributed by atoms with Gasteiger partial charge in [-0.15, -0.1) is 0 Å². The van der Waals surface area contributed by atoms with E-state index in [-0.39, 0.29) is 50.0 Å². The molecule has 2 aromatic rings. The molecule has 0 aromatic heterocycles. The summed E-state index contributed by atoms with van der Waals surface area (Å²) in [5.74, 6) is 0.939. The fraction of sp³-hybridized carbons (Fsp3) is 0.333. The van der Waals surface area contributed by atoms with Crippen molar-refractivity contribution < 1.29 is 19.1 Å². The number of carbonyl (C=O) groups excluding carboxylic acids is 2. The Morgan fingerprint density at radius 1 is 0.812 bits per heavy atom. The number of ether oxygens (including phenoxy) is 2. The third-order valence-corrected chi connectivity index (χ3v) is 5.00. The molecule has 2 aromatic carbocycles. The Hall–Kier alpha value is -4.04. The summed E-state index contributed by atoms with van der Waals surface area (Å²) in [5, 5.41) is 23.1. The second kappa shape index (κ2) is 11.4. The molecule has 164 valence electrons. The summed E-state index contributed by atoms with van der Waals surface area (Å²) in [5.41, 5.74) is 1.62. The molecule has 0 saturated heterocycles. The van der Waals surface area contributed by atoms with Crippen LogP contribution in [0.5, 0.6) is 11.5 Å². The third-order valence-electron chi connectivity index (χ3n) is 5.00. The van der Waals surface area contributed by atoms with E-state index in [0.29, 0.717) is 24.3 Å². The van der Waals surface area contributed by atoms with Crippen LogP contribution in [-0.2, 0) is 22.4 Å². The molecule has 0 aliphatic heterocycles. The fourth-order valence-corrected chi connectivity index (χ4v) is 3.50. The van der Waals surface area contributed by atoms with Gasteiger partial charge in [0, 0.05) is 12.1 Å². The SMILES string of the molecule is N#CCOc1cccc(CC(=O)NC2CC(NC(=O)Cc3cccc(OCC#N)c3)C2)c1. The highest BCUT2D eigenvalue weighted by Crippen LogP contribution is 2.21. The maximum absolute atomic E-state index is 12.3. The quantitative estimate of drug-likeness (QED) is 0.592. The highest BCUT2D eigenvalue weighted by atomic mass is 16.5. The Labute approximate surface area is 186 Å². The van der Waals surface area contributed by atoms with Gasteiger partial charge in [-0.25, -0.2) is 0 Å². The Morgan fingerprint density at radius 3 is 1.66 bits per heavy atom. The molecule has 1 saturated carbocycles. The van der Waals surface area contributed by atoms with Crippen LogP contribution < -0.4 is 20.1 Å². The average molecular weight is 432 g/mol. The number of carbonyl (C=O) groups is 2. The van der Waals surface area contributed by atoms with E-state index in [1.54, 1.807) is 36.4 Å². The number of nitriles is 2. The van der Waals surface area contributed by atoms with Gasteiger partial charge < -0.3 is 20.1 Å². The first-order valence-corrected chi connectivity index (χ1v) is 10.3. The van der Waals surface area contributed by atoms with E-state index in [4.69, 9.17) is 20.0 Å². The van der Waals surface area contributed by atoms with Gasteiger partial charge in [0.2, 0.25) is 11.8 Å². The number of benzene rings is 2. The predicted molar refractivity (Wildman–Crippen MR) is 116 cm³/mol. The van der Waals surface area contributed by atoms with Crippen molar-refractivity contribution in [1.29, 1.82) is 10.5 Å². The molecule has 1 aliphatic rings. The summed E-state index contributed by atoms with van der Waals surface area (Å²) >= 11 is 0. The number of hydrogen-bond donors (Lipinski definition) is 2. The van der Waals surface area contributed by atoms with Crippen LogP contribution in [0.4, 0.5) is 0 Å². The molecular weight excluding hydrogens is 408 g/mol. The van der Waals surface area contributed by atoms with Gasteiger partial charge in [-0.2, -0.15) is 10.5 Å². The van der Waals surface area contributed by atoms with Gasteiger partial charge in [-0.1, -0.05) is 24.3 Å². The van der Waals surface area contributed by atoms with Crippen molar-refractivity contribution in [2.45, 2.75) is 37.8 Å². The van der Waals surface area contributed by atoms with E-state index in [1.807, 2.05) is 24.3 Å². The standard InChI is InChI=1S/C24H24N4O4/c25-7-9-31-21-5-1-3-17(11-21)13-23(29)27-19-15-20(16-19)28-24(30)14-18-4-2-6-22(12-18)32-10-8-26/h1-6,11-12,19-20H,9-10,13-16H2,(H,27,29)(H,28,30). The molecule has 0 heterocycles. The zero-order valence-corrected chi connectivity index (χ0v) is 17.5. The van der Waals surface area contributed by atoms with Gasteiger partial charge in [-0.05, 0) is 48.2 Å². The van der Waals surface area contributed by atoms with E-state index >= 15 is 0 Å². The molecule has 2 amide bonds. The van der Waals surface area contributed by atoms with Gasteiger partial charge >= 0.3 is 0 Å². The Morgan fingerprint density at radius 2 is 1.25 bits per heavy atom. The summed E-state index contributed by atoms with van der Waals surface area (Å²) in [4.78, 5) is 24.6. The third kappa shape index (κ3) is 7.03. The van der Waals surface area contributed by atoms with E-state index in [0.717, 1.165) is 11.1 Å². The molecular formula is C24H24N4O4. The summed E-state index contributed by atoms with van der Waals surface area (Å²) in [6.45, 7) is -0.0729. The molecule has 3 rings (SSSR count). The lowest BCUT2D eigenvalue weighted by Gasteiger charge is -2.36. The highest BCUT2D eigenvalue weighted by molar-refractivity contribution is 5.80. The monoisotopic (exact) mass is 432 g/mol. The maximum atomic E-state index is 12.3. The largest absolute Gasteiger partial charge is 0.479 e. The number of nitrogens with one attached hydrogen (secondary N) is 2. The van der Waals surface area contributed by atoms with Crippen LogP contribution in [0.2, 0.25) is 0 Å². The molecule has 0 spiro atoms. The highest BCUT2D eigenvalue weighted by Gasteiger charge is 2.31. The minimum absolute atomic E-state index is 0.0357. The number of hydrogen-bond acceptors (Lipinski definition) is 6. The lowest BCUT2D eigenvalue weighted by molar-refractivity contribution is -0.122. The lowest BCUT2D eigenvalue weighted by Crippen LogP contribution is -2.54. The van der Waals surface area contributed by atoms with Crippen molar-refractivity contribution in [3.8, 4) is 23.6 Å². The topological polar surface area (TPSA) is 124 Å². The summed E-state index contributed by atoms with van der Waals surface area (Å²) in [6.07, 6.45) is 1.82. The van der Waals surface area contributed by atoms with Crippen molar-refractivity contribution in [2.24, 2.45) is 0 Å². The van der Waals surface area contributed by atoms with Crippen LogP contribution in [0.25, 0.3) is 0 Å². The van der Waals surface area contributed by atoms with Gasteiger partial charge in [-0.3, -0.25) is 9.59 Å². The van der Waals surface area contributed by atoms with E-state index in [1.165, 1.54) is 0 Å². The van der Waals surface area contributed by atoms with Crippen LogP contribution in [-0.4, -0.2) is 37.1 Å². The summed E-state index contributed by atoms with van der Waals surface area (Å²) < 4.78 is 10.5. The van der Waals surface area contributed by atoms with Crippen LogP contribution in [0.3, 0.4) is 0 Å². The maximum Gasteiger partial charge on any atom is 0.224 e. The van der Waals surface area contributed by atoms with Gasteiger partial charge in [0.15, 0.2) is 13.2 Å². The van der Waals surface area contributed by atoms with Crippen LogP contribution in [0.1, 0.15) is 24.0 Å². The molecule has 0 bridgehead atoms. The molecule has 8 nitrogen and oxygen atoms in total. The molecule has 0 radical (unpaired) electrons. The first-order chi connectivity index (χ1) is 15.6. The zero-order valence-electron chi connectivity index (χ0n) is 17.5. The normalized spacial score (nSPS) is 16.6. The minimum Gasteiger partial charge on any atom is -0.479 e. The molecule has 0 atom stereocenters. The molecule has 1 fully saturated rings. The van der Waals surface area contributed by atoms with Crippen molar-refractivity contribution in [2.75, 3.05) is 13.2 Å². The van der Waals surface area contributed by atoms with E-state index in [9.17, 15) is 9.59 Å². The van der Waals surface area contributed by atoms with Gasteiger partial charge in [0.25, 0.3) is 0 Å². The second-order valence-electron chi connectivity index (χ2n) is 7.54. The van der Waals surface area contributed by atoms with Gasteiger partial charge in [0.1, 0.15) is 23.6 Å². The molecule has 32 heavy (non-hydrogen) atoms. The molecule has 0 unspecified atom stereocenters. The second-order valence-corrected chi connectivity index (χ2v) is 7.54. The molecule has 2 N–H and O–H groups in total. The average Bonchev–Trinajstić information content (AvgIpc) is 2.75. The number of rotatable bonds is 10. The fourth-order valence-electron chi connectivity index (χ4n) is 3.50. The molecule has 1 aliphatic carbocycles. The minimum atomic E-state index is -0.0913. The number of amides is 2. The van der Waals surface area contributed by atoms with E-state index in [2.05, 4.69) is 10.6 Å². The van der Waals surface area contributed by atoms with Crippen molar-refractivity contribution >= 4 is 11.8 Å². The van der Waals surface area contributed by atoms with Crippen molar-refractivity contribution in [3.63, 3.8) is 0 Å². The van der Waals surface area contributed by atoms with Crippen LogP contribution in [0.15, 0.2) is 48.5 Å². The zero-order chi connectivity index (χ0) is 22.8. The number of nitrogens with zero attached hydrogens (tertiary/aromatic N) is 2. The smallest absolute Gasteiger partial charge is 0.224 e. The van der Waals surface area contributed by atoms with Gasteiger partial charge in [0.05, 0.1) is 12.8 Å². The predicted octanol–water partition coefficient (Wildman–Crippen LogP) is 2.04. The Bertz CT molecular complexity index is 953. The summed E-state index contributed by atoms with van der Waals surface area (Å²) in [6, 6.07) is 18.1. The van der Waals surface area contributed by atoms with Crippen molar-refractivity contribution in [3.05, 3.63) is 59.7 Å². The van der Waals surface area contributed by atoms with Crippen LogP contribution in [0, 0.1) is 22.7 Å². The Balaban J connectivity index is 1.37. The summed E-state index contributed by atoms with van der Waals surface area (Å²) in [7, 11) is 0. The first kappa shape index (κ1) is 22.6.